The smallest absolute Gasteiger partial charge is 0.324 e. The van der Waals surface area contributed by atoms with Gasteiger partial charge in [-0.15, -0.1) is 11.3 Å². The lowest BCUT2D eigenvalue weighted by Gasteiger charge is -2.40. The second-order valence-electron chi connectivity index (χ2n) is 18.0. The molecule has 3 aliphatic heterocycles. The van der Waals surface area contributed by atoms with E-state index in [0.29, 0.717) is 57.1 Å². The summed E-state index contributed by atoms with van der Waals surface area (Å²) in [5.41, 5.74) is 9.36. The van der Waals surface area contributed by atoms with Gasteiger partial charge >= 0.3 is 12.0 Å². The van der Waals surface area contributed by atoms with Gasteiger partial charge in [0.25, 0.3) is 5.91 Å². The van der Waals surface area contributed by atoms with Gasteiger partial charge in [-0.25, -0.2) is 15.2 Å². The maximum Gasteiger partial charge on any atom is 0.324 e. The summed E-state index contributed by atoms with van der Waals surface area (Å²) in [6.07, 6.45) is 3.28. The molecular weight excluding hydrogens is 809 g/mol. The molecule has 5 atom stereocenters. The lowest BCUT2D eigenvalue weighted by atomic mass is 9.84. The number of likely N-dealkylation sites (N-methyl/N-ethyl adjacent to an activating group) is 1. The van der Waals surface area contributed by atoms with Crippen molar-refractivity contribution in [2.45, 2.75) is 111 Å². The topological polar surface area (TPSA) is 160 Å². The van der Waals surface area contributed by atoms with Crippen LogP contribution in [-0.4, -0.2) is 124 Å². The number of amides is 4. The van der Waals surface area contributed by atoms with Crippen molar-refractivity contribution in [3.8, 4) is 22.5 Å². The van der Waals surface area contributed by atoms with E-state index in [9.17, 15) is 19.2 Å². The van der Waals surface area contributed by atoms with Crippen molar-refractivity contribution in [1.82, 2.24) is 40.1 Å². The van der Waals surface area contributed by atoms with E-state index in [2.05, 4.69) is 60.3 Å². The molecule has 2 saturated heterocycles. The summed E-state index contributed by atoms with van der Waals surface area (Å²) in [6.45, 7) is 16.5. The third kappa shape index (κ3) is 9.24. The van der Waals surface area contributed by atoms with Crippen LogP contribution in [0, 0.1) is 11.3 Å². The van der Waals surface area contributed by atoms with Crippen LogP contribution in [0.3, 0.4) is 0 Å². The summed E-state index contributed by atoms with van der Waals surface area (Å²) in [7, 11) is 3.32. The van der Waals surface area contributed by atoms with Crippen molar-refractivity contribution in [2.24, 2.45) is 11.3 Å². The largest absolute Gasteiger partial charge is 0.464 e. The molecule has 7 rings (SSSR count). The van der Waals surface area contributed by atoms with E-state index in [0.717, 1.165) is 44.7 Å². The van der Waals surface area contributed by atoms with Gasteiger partial charge in [-0.1, -0.05) is 33.8 Å². The Kier molecular flexibility index (Phi) is 13.7. The van der Waals surface area contributed by atoms with Crippen LogP contribution in [0.2, 0.25) is 0 Å². The molecule has 16 heteroatoms. The maximum atomic E-state index is 14.6. The third-order valence-electron chi connectivity index (χ3n) is 12.4. The summed E-state index contributed by atoms with van der Waals surface area (Å²) in [6, 6.07) is 7.34. The number of carbonyl (C=O) groups is 4. The number of fused-ring (bicyclic) bond motifs is 6. The highest BCUT2D eigenvalue weighted by Crippen LogP contribution is 2.42. The quantitative estimate of drug-likeness (QED) is 0.201. The molecule has 4 amide bonds. The Morgan fingerprint density at radius 3 is 2.68 bits per heavy atom. The first kappa shape index (κ1) is 45.1. The van der Waals surface area contributed by atoms with Gasteiger partial charge in [0.15, 0.2) is 0 Å². The number of nitrogens with one attached hydrogen (secondary N) is 2. The molecule has 62 heavy (non-hydrogen) atoms. The van der Waals surface area contributed by atoms with Crippen LogP contribution >= 0.6 is 11.3 Å². The number of hydrazine groups is 1. The normalized spacial score (nSPS) is 21.9. The molecule has 1 aromatic carbocycles. The zero-order valence-electron chi connectivity index (χ0n) is 37.5. The molecule has 0 aliphatic carbocycles. The van der Waals surface area contributed by atoms with Crippen molar-refractivity contribution in [3.05, 3.63) is 58.2 Å². The summed E-state index contributed by atoms with van der Waals surface area (Å²) >= 11 is 1.42. The van der Waals surface area contributed by atoms with E-state index >= 15 is 0 Å². The summed E-state index contributed by atoms with van der Waals surface area (Å²) in [4.78, 5) is 69.6. The summed E-state index contributed by atoms with van der Waals surface area (Å²) < 4.78 is 19.8. The van der Waals surface area contributed by atoms with Crippen LogP contribution in [-0.2, 0) is 48.0 Å². The number of nitrogens with zero attached hydrogens (tertiary/aromatic N) is 6. The molecule has 2 N–H and O–H groups in total. The van der Waals surface area contributed by atoms with Crippen LogP contribution < -0.4 is 10.7 Å². The van der Waals surface area contributed by atoms with E-state index in [-0.39, 0.29) is 37.1 Å². The number of carbonyl (C=O) groups excluding carboxylic acids is 4. The number of cyclic esters (lactones) is 1. The number of thiazole rings is 1. The average molecular weight is 871 g/mol. The first-order valence-electron chi connectivity index (χ1n) is 21.9. The number of methoxy groups -OCH3 is 1. The predicted octanol–water partition coefficient (Wildman–Crippen LogP) is 6.00. The van der Waals surface area contributed by atoms with Crippen LogP contribution in [0.1, 0.15) is 83.7 Å². The number of aryl methyl sites for hydroxylation is 1. The average Bonchev–Trinajstić information content (AvgIpc) is 3.85. The van der Waals surface area contributed by atoms with Gasteiger partial charge in [0, 0.05) is 79.2 Å². The Balaban J connectivity index is 1.29. The molecule has 334 valence electrons. The molecule has 0 saturated carbocycles. The lowest BCUT2D eigenvalue weighted by molar-refractivity contribution is -0.155. The van der Waals surface area contributed by atoms with Crippen molar-refractivity contribution in [3.63, 3.8) is 0 Å². The fourth-order valence-electron chi connectivity index (χ4n) is 9.08. The zero-order valence-corrected chi connectivity index (χ0v) is 38.3. The molecule has 6 heterocycles. The van der Waals surface area contributed by atoms with Gasteiger partial charge in [0.1, 0.15) is 18.1 Å². The Morgan fingerprint density at radius 2 is 1.95 bits per heavy atom. The molecule has 0 spiro atoms. The highest BCUT2D eigenvalue weighted by molar-refractivity contribution is 7.10. The summed E-state index contributed by atoms with van der Waals surface area (Å²) in [5.74, 6) is -1.56. The summed E-state index contributed by atoms with van der Waals surface area (Å²) in [5, 5.41) is 8.18. The number of benzene rings is 1. The van der Waals surface area contributed by atoms with Crippen molar-refractivity contribution >= 4 is 46.1 Å². The Morgan fingerprint density at radius 1 is 1.16 bits per heavy atom. The van der Waals surface area contributed by atoms with E-state index in [1.165, 1.54) is 21.2 Å². The minimum absolute atomic E-state index is 0.102. The van der Waals surface area contributed by atoms with E-state index in [4.69, 9.17) is 24.2 Å². The van der Waals surface area contributed by atoms with Crippen LogP contribution in [0.5, 0.6) is 0 Å². The maximum absolute atomic E-state index is 14.6. The van der Waals surface area contributed by atoms with Crippen molar-refractivity contribution in [1.29, 1.82) is 0 Å². The van der Waals surface area contributed by atoms with E-state index < -0.39 is 41.3 Å². The number of ether oxygens (including phenoxy) is 3. The number of aromatic nitrogens is 3. The van der Waals surface area contributed by atoms with Gasteiger partial charge in [0.2, 0.25) is 5.91 Å². The monoisotopic (exact) mass is 870 g/mol. The number of hydrogen-bond donors (Lipinski definition) is 2. The van der Waals surface area contributed by atoms with Crippen LogP contribution in [0.25, 0.3) is 33.4 Å². The zero-order chi connectivity index (χ0) is 44.5. The van der Waals surface area contributed by atoms with Crippen LogP contribution in [0.4, 0.5) is 4.79 Å². The first-order valence-corrected chi connectivity index (χ1v) is 22.7. The Hall–Kier alpha value is -4.90. The fourth-order valence-corrected chi connectivity index (χ4v) is 9.93. The van der Waals surface area contributed by atoms with Gasteiger partial charge in [-0.2, -0.15) is 0 Å². The number of hydrogen-bond acceptors (Lipinski definition) is 11. The number of pyridine rings is 1. The number of urea groups is 1. The fraction of sp³-hybridized carbons (Fsp3) is 0.565. The van der Waals surface area contributed by atoms with Gasteiger partial charge in [-0.05, 0) is 75.8 Å². The number of esters is 1. The molecule has 1 unspecified atom stereocenters. The third-order valence-corrected chi connectivity index (χ3v) is 13.3. The van der Waals surface area contributed by atoms with Gasteiger partial charge < -0.3 is 33.9 Å². The highest BCUT2D eigenvalue weighted by atomic mass is 32.1. The minimum atomic E-state index is -1.05. The molecule has 3 aromatic heterocycles. The van der Waals surface area contributed by atoms with Crippen molar-refractivity contribution in [2.75, 3.05) is 47.1 Å². The minimum Gasteiger partial charge on any atom is -0.464 e. The Labute approximate surface area is 368 Å². The highest BCUT2D eigenvalue weighted by Gasteiger charge is 2.39. The SMILES string of the molecule is CCn1c(-c2cccnc2[C@H](C)OC)c2c3cc(ccc31)-c1csc(n1)C[C@H](NC(=O)C(C(C)C)N(C)C(=O)N1CCOC[C@H]1C)C(=O)N1CCC[C@H](N1)C(=O)OCC(C)(C)C2. The molecule has 6 bridgehead atoms. The molecule has 3 aliphatic rings. The number of morpholine rings is 1. The second kappa shape index (κ2) is 18.8. The molecule has 15 nitrogen and oxygen atoms in total. The van der Waals surface area contributed by atoms with E-state index in [1.807, 2.05) is 39.1 Å². The molecule has 0 radical (unpaired) electrons. The Bertz CT molecular complexity index is 2290. The van der Waals surface area contributed by atoms with Gasteiger partial charge in [0.05, 0.1) is 54.1 Å². The van der Waals surface area contributed by atoms with E-state index in [1.54, 1.807) is 25.3 Å². The van der Waals surface area contributed by atoms with Crippen molar-refractivity contribution < 1.29 is 33.4 Å². The second-order valence-corrected chi connectivity index (χ2v) is 18.9. The molecule has 2 fully saturated rings. The molecule has 4 aromatic rings. The molecular formula is C46H62N8O7S. The number of rotatable bonds is 8. The van der Waals surface area contributed by atoms with Gasteiger partial charge in [-0.3, -0.25) is 24.4 Å². The first-order chi connectivity index (χ1) is 29.6. The van der Waals surface area contributed by atoms with Crippen LogP contribution in [0.15, 0.2) is 41.9 Å². The predicted molar refractivity (Wildman–Crippen MR) is 238 cm³/mol. The lowest BCUT2D eigenvalue weighted by Crippen LogP contribution is -2.63. The standard InChI is InChI=1S/C46H62N8O7S/c1-10-52-37-16-15-30-21-32(37)33(41(52)31-13-11-17-47-39(31)29(5)59-9)23-46(6,7)26-61-44(57)34-14-12-18-54(50-34)43(56)35(22-38-48-36(30)25-62-38)49-42(55)40(27(2)3)51(8)45(58)53-19-20-60-24-28(53)4/h11,13,15-17,21,25,27-29,34-35,40,50H,10,12,14,18-20,22-24,26H2,1-9H3,(H,49,55)/t28-,29+,34+,35+,40?/m1/s1.